The molecule has 0 atom stereocenters. The highest BCUT2D eigenvalue weighted by Crippen LogP contribution is 2.23. The summed E-state index contributed by atoms with van der Waals surface area (Å²) in [6, 6.07) is 9.02. The second kappa shape index (κ2) is 7.32. The summed E-state index contributed by atoms with van der Waals surface area (Å²) in [7, 11) is 0. The highest BCUT2D eigenvalue weighted by molar-refractivity contribution is 6.20. The molecule has 1 aliphatic rings. The number of carbonyl (C=O) groups is 4. The van der Waals surface area contributed by atoms with Gasteiger partial charge in [0.2, 0.25) is 5.91 Å². The molecule has 0 aliphatic carbocycles. The SMILES string of the molecule is O=C(CCC(=O)ON1C(=O)c2ccccc2C1=O)Nc1c(F)cccc1F. The summed E-state index contributed by atoms with van der Waals surface area (Å²) < 4.78 is 26.9. The van der Waals surface area contributed by atoms with Crippen molar-refractivity contribution in [2.24, 2.45) is 0 Å². The number of nitrogens with one attached hydrogen (secondary N) is 1. The second-order valence-corrected chi connectivity index (χ2v) is 5.56. The molecule has 3 rings (SSSR count). The Morgan fingerprint density at radius 3 is 2.00 bits per heavy atom. The number of amides is 3. The van der Waals surface area contributed by atoms with Gasteiger partial charge >= 0.3 is 5.97 Å². The quantitative estimate of drug-likeness (QED) is 0.812. The second-order valence-electron chi connectivity index (χ2n) is 5.56. The first-order valence-corrected chi connectivity index (χ1v) is 7.81. The van der Waals surface area contributed by atoms with Crippen LogP contribution in [-0.2, 0) is 14.4 Å². The Kier molecular flexibility index (Phi) is 4.93. The molecule has 0 fully saturated rings. The lowest BCUT2D eigenvalue weighted by Gasteiger charge is -2.12. The van der Waals surface area contributed by atoms with Crippen LogP contribution in [0, 0.1) is 11.6 Å². The molecule has 7 nitrogen and oxygen atoms in total. The molecule has 3 amide bonds. The van der Waals surface area contributed by atoms with Crippen molar-refractivity contribution in [1.82, 2.24) is 5.06 Å². The van der Waals surface area contributed by atoms with E-state index in [-0.39, 0.29) is 11.1 Å². The van der Waals surface area contributed by atoms with Crippen LogP contribution in [0.4, 0.5) is 14.5 Å². The van der Waals surface area contributed by atoms with Gasteiger partial charge in [-0.2, -0.15) is 0 Å². The molecule has 138 valence electrons. The summed E-state index contributed by atoms with van der Waals surface area (Å²) in [4.78, 5) is 52.5. The minimum absolute atomic E-state index is 0.100. The van der Waals surface area contributed by atoms with Gasteiger partial charge in [0.15, 0.2) is 0 Å². The maximum atomic E-state index is 13.5. The fourth-order valence-electron chi connectivity index (χ4n) is 2.43. The number of fused-ring (bicyclic) bond motifs is 1. The highest BCUT2D eigenvalue weighted by Gasteiger charge is 2.38. The topological polar surface area (TPSA) is 92.8 Å². The first kappa shape index (κ1) is 18.2. The molecule has 2 aromatic carbocycles. The number of anilines is 1. The summed E-state index contributed by atoms with van der Waals surface area (Å²) >= 11 is 0. The number of carbonyl (C=O) groups excluding carboxylic acids is 4. The first-order valence-electron chi connectivity index (χ1n) is 7.81. The van der Waals surface area contributed by atoms with E-state index in [0.29, 0.717) is 5.06 Å². The minimum atomic E-state index is -1.02. The van der Waals surface area contributed by atoms with Gasteiger partial charge in [0.25, 0.3) is 11.8 Å². The zero-order valence-electron chi connectivity index (χ0n) is 13.7. The van der Waals surface area contributed by atoms with Crippen LogP contribution >= 0.6 is 0 Å². The number of hydroxylamine groups is 2. The van der Waals surface area contributed by atoms with Crippen LogP contribution < -0.4 is 5.32 Å². The summed E-state index contributed by atoms with van der Waals surface area (Å²) in [6.45, 7) is 0. The largest absolute Gasteiger partial charge is 0.333 e. The highest BCUT2D eigenvalue weighted by atomic mass is 19.1. The smallest absolute Gasteiger partial charge is 0.330 e. The Labute approximate surface area is 151 Å². The molecular weight excluding hydrogens is 362 g/mol. The van der Waals surface area contributed by atoms with Crippen LogP contribution in [0.1, 0.15) is 33.6 Å². The summed E-state index contributed by atoms with van der Waals surface area (Å²) in [5, 5.41) is 2.34. The van der Waals surface area contributed by atoms with Gasteiger partial charge in [-0.1, -0.05) is 23.3 Å². The summed E-state index contributed by atoms with van der Waals surface area (Å²) in [6.07, 6.45) is -0.967. The standard InChI is InChI=1S/C18H12F2N2O5/c19-12-6-3-7-13(20)16(12)21-14(23)8-9-15(24)27-22-17(25)10-4-1-2-5-11(10)18(22)26/h1-7H,8-9H2,(H,21,23). The van der Waals surface area contributed by atoms with Crippen LogP contribution in [0.2, 0.25) is 0 Å². The van der Waals surface area contributed by atoms with Crippen LogP contribution in [0.25, 0.3) is 0 Å². The number of rotatable bonds is 5. The molecule has 2 aromatic rings. The maximum Gasteiger partial charge on any atom is 0.333 e. The Morgan fingerprint density at radius 1 is 0.889 bits per heavy atom. The van der Waals surface area contributed by atoms with Gasteiger partial charge in [-0.25, -0.2) is 13.6 Å². The Balaban J connectivity index is 1.55. The molecule has 1 N–H and O–H groups in total. The third-order valence-electron chi connectivity index (χ3n) is 3.73. The molecule has 0 unspecified atom stereocenters. The van der Waals surface area contributed by atoms with E-state index < -0.39 is 53.9 Å². The molecule has 0 bridgehead atoms. The van der Waals surface area contributed by atoms with E-state index in [1.807, 2.05) is 5.32 Å². The molecule has 0 radical (unpaired) electrons. The number of benzene rings is 2. The third-order valence-corrected chi connectivity index (χ3v) is 3.73. The predicted molar refractivity (Wildman–Crippen MR) is 87.3 cm³/mol. The monoisotopic (exact) mass is 374 g/mol. The Hall–Kier alpha value is -3.62. The fraction of sp³-hybridized carbons (Fsp3) is 0.111. The minimum Gasteiger partial charge on any atom is -0.330 e. The molecule has 0 saturated heterocycles. The van der Waals surface area contributed by atoms with Crippen LogP contribution in [0.3, 0.4) is 0 Å². The average molecular weight is 374 g/mol. The van der Waals surface area contributed by atoms with Crippen molar-refractivity contribution in [2.75, 3.05) is 5.32 Å². The van der Waals surface area contributed by atoms with Crippen molar-refractivity contribution >= 4 is 29.4 Å². The van der Waals surface area contributed by atoms with Crippen molar-refractivity contribution in [3.05, 3.63) is 65.2 Å². The van der Waals surface area contributed by atoms with Gasteiger partial charge in [-0.3, -0.25) is 14.4 Å². The zero-order chi connectivity index (χ0) is 19.6. The van der Waals surface area contributed by atoms with Gasteiger partial charge in [0.05, 0.1) is 17.5 Å². The van der Waals surface area contributed by atoms with E-state index in [1.54, 1.807) is 12.1 Å². The van der Waals surface area contributed by atoms with Crippen molar-refractivity contribution in [2.45, 2.75) is 12.8 Å². The van der Waals surface area contributed by atoms with Crippen molar-refractivity contribution in [1.29, 1.82) is 0 Å². The molecule has 0 aromatic heterocycles. The van der Waals surface area contributed by atoms with E-state index in [2.05, 4.69) is 0 Å². The van der Waals surface area contributed by atoms with Crippen molar-refractivity contribution < 1.29 is 32.8 Å². The number of hydrogen-bond acceptors (Lipinski definition) is 5. The lowest BCUT2D eigenvalue weighted by Crippen LogP contribution is -2.33. The van der Waals surface area contributed by atoms with E-state index in [9.17, 15) is 28.0 Å². The van der Waals surface area contributed by atoms with Gasteiger partial charge in [0, 0.05) is 6.42 Å². The fourth-order valence-corrected chi connectivity index (χ4v) is 2.43. The number of hydrogen-bond donors (Lipinski definition) is 1. The van der Waals surface area contributed by atoms with Gasteiger partial charge < -0.3 is 10.2 Å². The van der Waals surface area contributed by atoms with Crippen molar-refractivity contribution in [3.63, 3.8) is 0 Å². The molecule has 0 saturated carbocycles. The van der Waals surface area contributed by atoms with E-state index >= 15 is 0 Å². The zero-order valence-corrected chi connectivity index (χ0v) is 13.7. The number of imide groups is 1. The van der Waals surface area contributed by atoms with Crippen LogP contribution in [-0.4, -0.2) is 28.8 Å². The molecule has 1 heterocycles. The van der Waals surface area contributed by atoms with E-state index in [0.717, 1.165) is 18.2 Å². The Morgan fingerprint density at radius 2 is 1.44 bits per heavy atom. The lowest BCUT2D eigenvalue weighted by atomic mass is 10.1. The van der Waals surface area contributed by atoms with Crippen LogP contribution in [0.5, 0.6) is 0 Å². The normalized spacial score (nSPS) is 12.7. The molecule has 0 spiro atoms. The Bertz CT molecular complexity index is 905. The predicted octanol–water partition coefficient (Wildman–Crippen LogP) is 2.44. The lowest BCUT2D eigenvalue weighted by molar-refractivity contribution is -0.168. The molecule has 27 heavy (non-hydrogen) atoms. The van der Waals surface area contributed by atoms with E-state index in [1.165, 1.54) is 12.1 Å². The van der Waals surface area contributed by atoms with Crippen molar-refractivity contribution in [3.8, 4) is 0 Å². The number of nitrogens with zero attached hydrogens (tertiary/aromatic N) is 1. The summed E-state index contributed by atoms with van der Waals surface area (Å²) in [5.74, 6) is -5.36. The van der Waals surface area contributed by atoms with Gasteiger partial charge in [-0.15, -0.1) is 0 Å². The average Bonchev–Trinajstić information content (AvgIpc) is 2.88. The number of para-hydroxylation sites is 1. The third kappa shape index (κ3) is 3.66. The maximum absolute atomic E-state index is 13.5. The summed E-state index contributed by atoms with van der Waals surface area (Å²) in [5.41, 5.74) is -0.428. The van der Waals surface area contributed by atoms with E-state index in [4.69, 9.17) is 4.84 Å². The molecule has 9 heteroatoms. The van der Waals surface area contributed by atoms with Gasteiger partial charge in [-0.05, 0) is 24.3 Å². The van der Waals surface area contributed by atoms with Gasteiger partial charge in [0.1, 0.15) is 17.3 Å². The molecule has 1 aliphatic heterocycles. The van der Waals surface area contributed by atoms with Crippen LogP contribution in [0.15, 0.2) is 42.5 Å². The molecular formula is C18H12F2N2O5. The number of halogens is 2. The first-order chi connectivity index (χ1) is 12.9.